The fraction of sp³-hybridized carbons (Fsp3) is 0.308. The second kappa shape index (κ2) is 4.31. The highest BCUT2D eigenvalue weighted by Crippen LogP contribution is 2.35. The summed E-state index contributed by atoms with van der Waals surface area (Å²) in [6, 6.07) is 7.98. The Hall–Kier alpha value is -1.95. The molecule has 6 heteroatoms. The fourth-order valence-corrected chi connectivity index (χ4v) is 3.19. The summed E-state index contributed by atoms with van der Waals surface area (Å²) < 4.78 is 0. The summed E-state index contributed by atoms with van der Waals surface area (Å²) in [7, 11) is 0. The molecule has 1 N–H and O–H groups in total. The smallest absolute Gasteiger partial charge is 0.326 e. The Labute approximate surface area is 115 Å². The van der Waals surface area contributed by atoms with Crippen molar-refractivity contribution in [2.75, 3.05) is 4.90 Å². The van der Waals surface area contributed by atoms with Crippen LogP contribution >= 0.6 is 12.2 Å². The molecule has 0 aliphatic carbocycles. The van der Waals surface area contributed by atoms with Crippen molar-refractivity contribution >= 4 is 34.9 Å². The topological polar surface area (TPSA) is 60.9 Å². The molecule has 2 heterocycles. The Morgan fingerprint density at radius 3 is 2.58 bits per heavy atom. The van der Waals surface area contributed by atoms with Crippen LogP contribution in [0.3, 0.4) is 0 Å². The number of aliphatic carboxylic acids is 1. The molecule has 2 fully saturated rings. The molecule has 5 nitrogen and oxygen atoms in total. The van der Waals surface area contributed by atoms with Gasteiger partial charge in [0.15, 0.2) is 5.11 Å². The zero-order valence-corrected chi connectivity index (χ0v) is 10.8. The predicted octanol–water partition coefficient (Wildman–Crippen LogP) is 1.24. The maximum Gasteiger partial charge on any atom is 0.326 e. The van der Waals surface area contributed by atoms with E-state index >= 15 is 0 Å². The van der Waals surface area contributed by atoms with Crippen molar-refractivity contribution in [1.29, 1.82) is 0 Å². The van der Waals surface area contributed by atoms with Crippen LogP contribution in [-0.4, -0.2) is 39.1 Å². The van der Waals surface area contributed by atoms with E-state index in [0.29, 0.717) is 23.6 Å². The molecule has 0 bridgehead atoms. The van der Waals surface area contributed by atoms with Crippen molar-refractivity contribution in [2.45, 2.75) is 24.9 Å². The van der Waals surface area contributed by atoms with Gasteiger partial charge < -0.3 is 10.0 Å². The van der Waals surface area contributed by atoms with E-state index in [1.807, 2.05) is 18.2 Å². The minimum absolute atomic E-state index is 0.125. The average molecular weight is 276 g/mol. The van der Waals surface area contributed by atoms with Crippen LogP contribution < -0.4 is 4.90 Å². The molecule has 0 spiro atoms. The van der Waals surface area contributed by atoms with Crippen LogP contribution in [0.5, 0.6) is 0 Å². The number of para-hydroxylation sites is 1. The molecule has 1 amide bonds. The number of amides is 1. The van der Waals surface area contributed by atoms with Crippen molar-refractivity contribution < 1.29 is 14.7 Å². The van der Waals surface area contributed by atoms with Gasteiger partial charge in [-0.15, -0.1) is 0 Å². The Morgan fingerprint density at radius 2 is 1.95 bits per heavy atom. The largest absolute Gasteiger partial charge is 0.480 e. The van der Waals surface area contributed by atoms with Crippen LogP contribution in [0.2, 0.25) is 0 Å². The maximum atomic E-state index is 12.4. The number of carbonyl (C=O) groups excluding carboxylic acids is 1. The summed E-state index contributed by atoms with van der Waals surface area (Å²) in [6.45, 7) is 0. The molecule has 2 aliphatic rings. The van der Waals surface area contributed by atoms with Gasteiger partial charge in [0.1, 0.15) is 12.1 Å². The van der Waals surface area contributed by atoms with Crippen molar-refractivity contribution in [3.05, 3.63) is 30.3 Å². The van der Waals surface area contributed by atoms with Gasteiger partial charge >= 0.3 is 5.97 Å². The Balaban J connectivity index is 1.97. The second-order valence-electron chi connectivity index (χ2n) is 4.65. The molecule has 2 saturated heterocycles. The van der Waals surface area contributed by atoms with E-state index in [4.69, 9.17) is 12.2 Å². The first kappa shape index (κ1) is 12.1. The molecular formula is C13H12N2O3S. The van der Waals surface area contributed by atoms with Crippen LogP contribution in [0.1, 0.15) is 12.8 Å². The highest BCUT2D eigenvalue weighted by molar-refractivity contribution is 7.80. The van der Waals surface area contributed by atoms with Crippen molar-refractivity contribution in [2.24, 2.45) is 0 Å². The third-order valence-electron chi connectivity index (χ3n) is 3.60. The number of anilines is 1. The number of hydrogen-bond acceptors (Lipinski definition) is 3. The molecule has 2 aliphatic heterocycles. The molecule has 19 heavy (non-hydrogen) atoms. The minimum Gasteiger partial charge on any atom is -0.480 e. The monoisotopic (exact) mass is 276 g/mol. The second-order valence-corrected chi connectivity index (χ2v) is 5.01. The molecule has 0 unspecified atom stereocenters. The first-order valence-electron chi connectivity index (χ1n) is 6.05. The number of fused-ring (bicyclic) bond motifs is 1. The van der Waals surface area contributed by atoms with Gasteiger partial charge in [-0.3, -0.25) is 9.69 Å². The molecule has 1 aromatic rings. The summed E-state index contributed by atoms with van der Waals surface area (Å²) >= 11 is 5.30. The molecule has 0 aromatic heterocycles. The van der Waals surface area contributed by atoms with E-state index in [1.165, 1.54) is 4.90 Å². The van der Waals surface area contributed by atoms with Gasteiger partial charge in [0, 0.05) is 0 Å². The van der Waals surface area contributed by atoms with Crippen molar-refractivity contribution in [3.63, 3.8) is 0 Å². The Kier molecular flexibility index (Phi) is 2.74. The van der Waals surface area contributed by atoms with Gasteiger partial charge in [-0.05, 0) is 37.2 Å². The molecule has 0 radical (unpaired) electrons. The number of carboxylic acid groups (broad SMARTS) is 1. The van der Waals surface area contributed by atoms with Gasteiger partial charge in [-0.1, -0.05) is 18.2 Å². The third-order valence-corrected chi connectivity index (χ3v) is 4.00. The lowest BCUT2D eigenvalue weighted by molar-refractivity contribution is -0.141. The summed E-state index contributed by atoms with van der Waals surface area (Å²) in [4.78, 5) is 26.6. The van der Waals surface area contributed by atoms with E-state index in [1.54, 1.807) is 17.0 Å². The Bertz CT molecular complexity index is 560. The zero-order chi connectivity index (χ0) is 13.6. The van der Waals surface area contributed by atoms with E-state index in [2.05, 4.69) is 0 Å². The number of rotatable bonds is 2. The van der Waals surface area contributed by atoms with Crippen LogP contribution in [0.4, 0.5) is 5.69 Å². The van der Waals surface area contributed by atoms with Gasteiger partial charge in [-0.25, -0.2) is 4.79 Å². The zero-order valence-electron chi connectivity index (χ0n) is 10.0. The van der Waals surface area contributed by atoms with Gasteiger partial charge in [0.05, 0.1) is 5.69 Å². The molecule has 0 saturated carbocycles. The molecule has 2 atom stereocenters. The highest BCUT2D eigenvalue weighted by Gasteiger charge is 2.51. The predicted molar refractivity (Wildman–Crippen MR) is 72.8 cm³/mol. The lowest BCUT2D eigenvalue weighted by Crippen LogP contribution is -2.42. The number of carboxylic acids is 1. The van der Waals surface area contributed by atoms with E-state index < -0.39 is 18.1 Å². The third kappa shape index (κ3) is 1.71. The van der Waals surface area contributed by atoms with Crippen LogP contribution in [-0.2, 0) is 9.59 Å². The number of nitrogens with zero attached hydrogens (tertiary/aromatic N) is 2. The van der Waals surface area contributed by atoms with E-state index in [0.717, 1.165) is 0 Å². The summed E-state index contributed by atoms with van der Waals surface area (Å²) in [5.74, 6) is -1.05. The molecule has 98 valence electrons. The van der Waals surface area contributed by atoms with Gasteiger partial charge in [0.25, 0.3) is 5.91 Å². The van der Waals surface area contributed by atoms with Crippen LogP contribution in [0.25, 0.3) is 0 Å². The normalized spacial score (nSPS) is 25.9. The average Bonchev–Trinajstić information content (AvgIpc) is 2.93. The number of hydrogen-bond donors (Lipinski definition) is 1. The fourth-order valence-electron chi connectivity index (χ4n) is 2.74. The SMILES string of the molecule is O=C(O)[C@@H]1CC[C@@H]2C(=O)N(c3ccccc3)C(=S)N21. The maximum absolute atomic E-state index is 12.4. The first-order chi connectivity index (χ1) is 9.11. The van der Waals surface area contributed by atoms with E-state index in [-0.39, 0.29) is 5.91 Å². The molecular weight excluding hydrogens is 264 g/mol. The van der Waals surface area contributed by atoms with Crippen LogP contribution in [0, 0.1) is 0 Å². The van der Waals surface area contributed by atoms with Gasteiger partial charge in [0.2, 0.25) is 0 Å². The lowest BCUT2D eigenvalue weighted by Gasteiger charge is -2.23. The van der Waals surface area contributed by atoms with Crippen molar-refractivity contribution in [3.8, 4) is 0 Å². The quantitative estimate of drug-likeness (QED) is 0.823. The lowest BCUT2D eigenvalue weighted by atomic mass is 10.1. The first-order valence-corrected chi connectivity index (χ1v) is 6.46. The van der Waals surface area contributed by atoms with Crippen molar-refractivity contribution in [1.82, 2.24) is 4.90 Å². The standard InChI is InChI=1S/C13H12N2O3S/c16-11-9-6-7-10(12(17)18)15(9)13(19)14(11)8-4-2-1-3-5-8/h1-5,9-10H,6-7H2,(H,17,18)/t9-,10+/m1/s1. The summed E-state index contributed by atoms with van der Waals surface area (Å²) in [5.41, 5.74) is 0.691. The molecule has 1 aromatic carbocycles. The highest BCUT2D eigenvalue weighted by atomic mass is 32.1. The number of carbonyl (C=O) groups is 2. The molecule has 3 rings (SSSR count). The van der Waals surface area contributed by atoms with Gasteiger partial charge in [-0.2, -0.15) is 0 Å². The Morgan fingerprint density at radius 1 is 1.26 bits per heavy atom. The van der Waals surface area contributed by atoms with E-state index in [9.17, 15) is 14.7 Å². The summed E-state index contributed by atoms with van der Waals surface area (Å²) in [6.07, 6.45) is 1.01. The number of thiocarbonyl (C=S) groups is 1. The van der Waals surface area contributed by atoms with Crippen LogP contribution in [0.15, 0.2) is 30.3 Å². The number of benzene rings is 1. The minimum atomic E-state index is -0.924. The summed E-state index contributed by atoms with van der Waals surface area (Å²) in [5, 5.41) is 9.49.